The van der Waals surface area contributed by atoms with Crippen molar-refractivity contribution in [2.75, 3.05) is 0 Å². The van der Waals surface area contributed by atoms with Crippen molar-refractivity contribution in [3.63, 3.8) is 0 Å². The second kappa shape index (κ2) is 5.99. The van der Waals surface area contributed by atoms with Gasteiger partial charge in [0, 0.05) is 11.7 Å². The number of nitrogens with one attached hydrogen (secondary N) is 1. The van der Waals surface area contributed by atoms with Crippen LogP contribution >= 0.6 is 11.6 Å². The van der Waals surface area contributed by atoms with E-state index in [1.54, 1.807) is 0 Å². The van der Waals surface area contributed by atoms with Crippen LogP contribution in [-0.2, 0) is 10.0 Å². The van der Waals surface area contributed by atoms with Gasteiger partial charge in [-0.25, -0.2) is 18.1 Å². The van der Waals surface area contributed by atoms with Crippen molar-refractivity contribution in [3.8, 4) is 0 Å². The van der Waals surface area contributed by atoms with Crippen LogP contribution in [-0.4, -0.2) is 18.9 Å². The van der Waals surface area contributed by atoms with E-state index in [1.807, 2.05) is 20.8 Å². The Balaban J connectivity index is 3.08. The summed E-state index contributed by atoms with van der Waals surface area (Å²) >= 11 is 5.72. The first kappa shape index (κ1) is 15.4. The first-order valence-corrected chi connectivity index (χ1v) is 7.90. The molecule has 0 aliphatic heterocycles. The van der Waals surface area contributed by atoms with Crippen LogP contribution in [0.1, 0.15) is 40.0 Å². The van der Waals surface area contributed by atoms with Crippen molar-refractivity contribution in [3.05, 3.63) is 23.5 Å². The Labute approximate surface area is 114 Å². The summed E-state index contributed by atoms with van der Waals surface area (Å²) in [4.78, 5) is 3.94. The number of rotatable bonds is 6. The maximum Gasteiger partial charge on any atom is 0.241 e. The molecule has 0 amide bonds. The van der Waals surface area contributed by atoms with Crippen molar-refractivity contribution in [1.82, 2.24) is 9.71 Å². The van der Waals surface area contributed by atoms with E-state index in [2.05, 4.69) is 9.71 Å². The lowest BCUT2D eigenvalue weighted by Crippen LogP contribution is -2.46. The van der Waals surface area contributed by atoms with Gasteiger partial charge in [0.05, 0.1) is 4.90 Å². The smallest absolute Gasteiger partial charge is 0.241 e. The highest BCUT2D eigenvalue weighted by atomic mass is 35.5. The molecule has 0 saturated carbocycles. The molecule has 1 rings (SSSR count). The Morgan fingerprint density at radius 1 is 1.28 bits per heavy atom. The molecule has 0 aliphatic rings. The summed E-state index contributed by atoms with van der Waals surface area (Å²) in [5.74, 6) is 0. The van der Waals surface area contributed by atoms with Crippen LogP contribution in [0.5, 0.6) is 0 Å². The van der Waals surface area contributed by atoms with Crippen molar-refractivity contribution >= 4 is 21.6 Å². The highest BCUT2D eigenvalue weighted by Gasteiger charge is 2.30. The Kier molecular flexibility index (Phi) is 5.13. The highest BCUT2D eigenvalue weighted by Crippen LogP contribution is 2.23. The molecule has 0 saturated heterocycles. The fourth-order valence-corrected chi connectivity index (χ4v) is 3.73. The van der Waals surface area contributed by atoms with Crippen LogP contribution in [0.3, 0.4) is 0 Å². The maximum atomic E-state index is 12.3. The normalized spacial score (nSPS) is 12.7. The maximum absolute atomic E-state index is 12.3. The molecular weight excluding hydrogens is 272 g/mol. The van der Waals surface area contributed by atoms with Gasteiger partial charge < -0.3 is 0 Å². The van der Waals surface area contributed by atoms with Gasteiger partial charge >= 0.3 is 0 Å². The molecule has 1 N–H and O–H groups in total. The quantitative estimate of drug-likeness (QED) is 0.819. The molecule has 0 aliphatic carbocycles. The average Bonchev–Trinajstić information content (AvgIpc) is 2.36. The molecule has 0 spiro atoms. The third-order valence-electron chi connectivity index (χ3n) is 3.39. The summed E-state index contributed by atoms with van der Waals surface area (Å²) in [6, 6.07) is 2.80. The average molecular weight is 291 g/mol. The molecule has 0 unspecified atom stereocenters. The zero-order chi connectivity index (χ0) is 13.8. The van der Waals surface area contributed by atoms with E-state index in [-0.39, 0.29) is 10.0 Å². The van der Waals surface area contributed by atoms with Gasteiger partial charge in [0.25, 0.3) is 0 Å². The van der Waals surface area contributed by atoms with Crippen molar-refractivity contribution in [2.24, 2.45) is 0 Å². The van der Waals surface area contributed by atoms with Gasteiger partial charge in [0.1, 0.15) is 5.15 Å². The van der Waals surface area contributed by atoms with Crippen LogP contribution in [0.2, 0.25) is 5.15 Å². The topological polar surface area (TPSA) is 59.1 Å². The van der Waals surface area contributed by atoms with Crippen LogP contribution in [0.15, 0.2) is 23.2 Å². The van der Waals surface area contributed by atoms with Crippen molar-refractivity contribution in [1.29, 1.82) is 0 Å². The van der Waals surface area contributed by atoms with E-state index in [0.717, 1.165) is 19.3 Å². The van der Waals surface area contributed by atoms with E-state index < -0.39 is 15.6 Å². The van der Waals surface area contributed by atoms with Crippen LogP contribution < -0.4 is 4.72 Å². The van der Waals surface area contributed by atoms with Gasteiger partial charge in [-0.2, -0.15) is 0 Å². The summed E-state index contributed by atoms with van der Waals surface area (Å²) in [5, 5.41) is 0.174. The number of aromatic nitrogens is 1. The lowest BCUT2D eigenvalue weighted by Gasteiger charge is -2.31. The molecule has 18 heavy (non-hydrogen) atoms. The summed E-state index contributed by atoms with van der Waals surface area (Å²) in [6.07, 6.45) is 3.64. The van der Waals surface area contributed by atoms with Crippen LogP contribution in [0.25, 0.3) is 0 Å². The molecule has 4 nitrogen and oxygen atoms in total. The Morgan fingerprint density at radius 2 is 1.83 bits per heavy atom. The van der Waals surface area contributed by atoms with Crippen molar-refractivity contribution in [2.45, 2.75) is 50.5 Å². The predicted molar refractivity (Wildman–Crippen MR) is 73.2 cm³/mol. The number of halogens is 1. The van der Waals surface area contributed by atoms with E-state index in [0.29, 0.717) is 0 Å². The largest absolute Gasteiger partial charge is 0.244 e. The van der Waals surface area contributed by atoms with E-state index in [4.69, 9.17) is 11.6 Å². The SMILES string of the molecule is CCC(CC)(CC)NS(=O)(=O)c1ccnc(Cl)c1. The molecule has 1 heterocycles. The van der Waals surface area contributed by atoms with Gasteiger partial charge in [0.2, 0.25) is 10.0 Å². The summed E-state index contributed by atoms with van der Waals surface area (Å²) in [7, 11) is -3.55. The number of pyridine rings is 1. The number of hydrogen-bond acceptors (Lipinski definition) is 3. The molecule has 0 fully saturated rings. The monoisotopic (exact) mass is 290 g/mol. The molecule has 1 aromatic rings. The van der Waals surface area contributed by atoms with Crippen molar-refractivity contribution < 1.29 is 8.42 Å². The Morgan fingerprint density at radius 3 is 2.28 bits per heavy atom. The van der Waals surface area contributed by atoms with Gasteiger partial charge in [-0.05, 0) is 31.4 Å². The standard InChI is InChI=1S/C12H19ClN2O2S/c1-4-12(5-2,6-3)15-18(16,17)10-7-8-14-11(13)9-10/h7-9,15H,4-6H2,1-3H3. The lowest BCUT2D eigenvalue weighted by molar-refractivity contribution is 0.341. The molecule has 102 valence electrons. The molecule has 0 radical (unpaired) electrons. The Bertz CT molecular complexity index is 490. The summed E-state index contributed by atoms with van der Waals surface area (Å²) < 4.78 is 27.3. The van der Waals surface area contributed by atoms with E-state index in [9.17, 15) is 8.42 Å². The second-order valence-corrected chi connectivity index (χ2v) is 6.33. The minimum atomic E-state index is -3.55. The summed E-state index contributed by atoms with van der Waals surface area (Å²) in [6.45, 7) is 5.94. The number of nitrogens with zero attached hydrogens (tertiary/aromatic N) is 1. The van der Waals surface area contributed by atoms with Gasteiger partial charge in [-0.15, -0.1) is 0 Å². The zero-order valence-corrected chi connectivity index (χ0v) is 12.5. The lowest BCUT2D eigenvalue weighted by atomic mass is 9.91. The Hall–Kier alpha value is -0.650. The van der Waals surface area contributed by atoms with Gasteiger partial charge in [0.15, 0.2) is 0 Å². The van der Waals surface area contributed by atoms with Crippen LogP contribution in [0.4, 0.5) is 0 Å². The first-order chi connectivity index (χ1) is 8.39. The fourth-order valence-electron chi connectivity index (χ4n) is 1.86. The third kappa shape index (κ3) is 3.43. The molecule has 0 atom stereocenters. The number of sulfonamides is 1. The second-order valence-electron chi connectivity index (χ2n) is 4.26. The van der Waals surface area contributed by atoms with Crippen LogP contribution in [0, 0.1) is 0 Å². The molecule has 0 aromatic carbocycles. The molecule has 1 aromatic heterocycles. The zero-order valence-electron chi connectivity index (χ0n) is 10.9. The third-order valence-corrected chi connectivity index (χ3v) is 5.17. The van der Waals surface area contributed by atoms with E-state index >= 15 is 0 Å². The minimum absolute atomic E-state index is 0.155. The van der Waals surface area contributed by atoms with Gasteiger partial charge in [-0.1, -0.05) is 32.4 Å². The molecule has 6 heteroatoms. The van der Waals surface area contributed by atoms with Gasteiger partial charge in [-0.3, -0.25) is 0 Å². The molecular formula is C12H19ClN2O2S. The minimum Gasteiger partial charge on any atom is -0.244 e. The van der Waals surface area contributed by atoms with E-state index in [1.165, 1.54) is 18.3 Å². The first-order valence-electron chi connectivity index (χ1n) is 6.04. The highest BCUT2D eigenvalue weighted by molar-refractivity contribution is 7.89. The summed E-state index contributed by atoms with van der Waals surface area (Å²) in [5.41, 5.74) is -0.394. The fraction of sp³-hybridized carbons (Fsp3) is 0.583. The predicted octanol–water partition coefficient (Wildman–Crippen LogP) is 2.98. The molecule has 0 bridgehead atoms. The number of hydrogen-bond donors (Lipinski definition) is 1.